The molecule has 0 fully saturated rings. The molecular weight excluding hydrogens is 212 g/mol. The molecule has 16 heavy (non-hydrogen) atoms. The van der Waals surface area contributed by atoms with Crippen molar-refractivity contribution in [2.24, 2.45) is 0 Å². The molecule has 1 aromatic rings. The summed E-state index contributed by atoms with van der Waals surface area (Å²) in [4.78, 5) is 1.99. The molecule has 0 aliphatic carbocycles. The van der Waals surface area contributed by atoms with E-state index < -0.39 is 6.43 Å². The molecule has 0 radical (unpaired) electrons. The second-order valence-corrected chi connectivity index (χ2v) is 3.76. The molecule has 0 unspecified atom stereocenters. The number of benzene rings is 1. The summed E-state index contributed by atoms with van der Waals surface area (Å²) in [5.41, 5.74) is 1.89. The van der Waals surface area contributed by atoms with E-state index >= 15 is 0 Å². The van der Waals surface area contributed by atoms with Gasteiger partial charge < -0.3 is 9.64 Å². The van der Waals surface area contributed by atoms with Crippen molar-refractivity contribution >= 4 is 5.69 Å². The van der Waals surface area contributed by atoms with Gasteiger partial charge in [0.1, 0.15) is 0 Å². The molecule has 0 spiro atoms. The number of aryl methyl sites for hydroxylation is 1. The molecule has 0 aliphatic heterocycles. The molecular formula is C12H17F2NO. The molecule has 4 heteroatoms. The molecule has 0 saturated carbocycles. The zero-order valence-corrected chi connectivity index (χ0v) is 9.84. The maximum absolute atomic E-state index is 12.4. The topological polar surface area (TPSA) is 12.5 Å². The molecule has 0 bridgehead atoms. The van der Waals surface area contributed by atoms with Crippen LogP contribution < -0.4 is 4.90 Å². The quantitative estimate of drug-likeness (QED) is 0.769. The Bertz CT molecular complexity index is 342. The Morgan fingerprint density at radius 2 is 2.06 bits per heavy atom. The lowest BCUT2D eigenvalue weighted by Gasteiger charge is -2.21. The van der Waals surface area contributed by atoms with Crippen molar-refractivity contribution in [2.45, 2.75) is 13.3 Å². The summed E-state index contributed by atoms with van der Waals surface area (Å²) < 4.78 is 29.9. The molecule has 0 aliphatic rings. The Labute approximate surface area is 94.8 Å². The van der Waals surface area contributed by atoms with Crippen LogP contribution >= 0.6 is 0 Å². The lowest BCUT2D eigenvalue weighted by atomic mass is 10.1. The van der Waals surface area contributed by atoms with E-state index in [9.17, 15) is 8.78 Å². The highest BCUT2D eigenvalue weighted by Crippen LogP contribution is 2.25. The number of halogens is 2. The highest BCUT2D eigenvalue weighted by Gasteiger charge is 2.10. The first-order valence-electron chi connectivity index (χ1n) is 5.15. The Morgan fingerprint density at radius 3 is 2.56 bits per heavy atom. The summed E-state index contributed by atoms with van der Waals surface area (Å²) >= 11 is 0. The number of nitrogens with zero attached hydrogens (tertiary/aromatic N) is 1. The number of alkyl halides is 2. The standard InChI is InChI=1S/C12H17F2NO/c1-9-8-10(12(13)14)4-5-11(9)15(2)6-7-16-3/h4-5,8,12H,6-7H2,1-3H3. The summed E-state index contributed by atoms with van der Waals surface area (Å²) in [5, 5.41) is 0. The van der Waals surface area contributed by atoms with Crippen LogP contribution in [-0.4, -0.2) is 27.3 Å². The van der Waals surface area contributed by atoms with Crippen molar-refractivity contribution in [3.8, 4) is 0 Å². The number of hydrogen-bond donors (Lipinski definition) is 0. The molecule has 0 N–H and O–H groups in total. The largest absolute Gasteiger partial charge is 0.383 e. The van der Waals surface area contributed by atoms with E-state index in [2.05, 4.69) is 0 Å². The molecule has 1 aromatic carbocycles. The molecule has 2 nitrogen and oxygen atoms in total. The lowest BCUT2D eigenvalue weighted by molar-refractivity contribution is 0.151. The zero-order chi connectivity index (χ0) is 12.1. The number of hydrogen-bond acceptors (Lipinski definition) is 2. The first-order valence-corrected chi connectivity index (χ1v) is 5.15. The minimum absolute atomic E-state index is 0.0707. The molecule has 0 saturated heterocycles. The Kier molecular flexibility index (Phi) is 4.68. The lowest BCUT2D eigenvalue weighted by Crippen LogP contribution is -2.22. The van der Waals surface area contributed by atoms with Gasteiger partial charge in [0.2, 0.25) is 0 Å². The maximum Gasteiger partial charge on any atom is 0.263 e. The van der Waals surface area contributed by atoms with Gasteiger partial charge in [-0.05, 0) is 24.6 Å². The molecule has 0 amide bonds. The normalized spacial score (nSPS) is 10.9. The van der Waals surface area contributed by atoms with E-state index in [0.717, 1.165) is 17.8 Å². The van der Waals surface area contributed by atoms with E-state index in [0.29, 0.717) is 6.61 Å². The van der Waals surface area contributed by atoms with E-state index in [1.807, 2.05) is 18.9 Å². The summed E-state index contributed by atoms with van der Waals surface area (Å²) in [6.07, 6.45) is -2.41. The smallest absolute Gasteiger partial charge is 0.263 e. The zero-order valence-electron chi connectivity index (χ0n) is 9.84. The van der Waals surface area contributed by atoms with Crippen LogP contribution in [0.3, 0.4) is 0 Å². The molecule has 1 rings (SSSR count). The molecule has 0 atom stereocenters. The Morgan fingerprint density at radius 1 is 1.38 bits per heavy atom. The van der Waals surface area contributed by atoms with Crippen LogP contribution in [0.25, 0.3) is 0 Å². The van der Waals surface area contributed by atoms with Crippen molar-refractivity contribution < 1.29 is 13.5 Å². The van der Waals surface area contributed by atoms with Crippen LogP contribution in [0.1, 0.15) is 17.6 Å². The molecule has 0 heterocycles. The van der Waals surface area contributed by atoms with Crippen molar-refractivity contribution in [1.82, 2.24) is 0 Å². The van der Waals surface area contributed by atoms with Crippen molar-refractivity contribution in [1.29, 1.82) is 0 Å². The van der Waals surface area contributed by atoms with Crippen LogP contribution in [0.15, 0.2) is 18.2 Å². The fraction of sp³-hybridized carbons (Fsp3) is 0.500. The fourth-order valence-electron chi connectivity index (χ4n) is 1.59. The highest BCUT2D eigenvalue weighted by atomic mass is 19.3. The van der Waals surface area contributed by atoms with Gasteiger partial charge in [-0.15, -0.1) is 0 Å². The first-order chi connectivity index (χ1) is 7.56. The predicted molar refractivity (Wildman–Crippen MR) is 61.3 cm³/mol. The second-order valence-electron chi connectivity index (χ2n) is 3.76. The SMILES string of the molecule is COCCN(C)c1ccc(C(F)F)cc1C. The maximum atomic E-state index is 12.4. The van der Waals surface area contributed by atoms with Crippen LogP contribution in [0.5, 0.6) is 0 Å². The van der Waals surface area contributed by atoms with Gasteiger partial charge in [0.15, 0.2) is 0 Å². The van der Waals surface area contributed by atoms with Crippen molar-refractivity contribution in [3.05, 3.63) is 29.3 Å². The average Bonchev–Trinajstić information content (AvgIpc) is 2.25. The number of ether oxygens (including phenoxy) is 1. The minimum atomic E-state index is -2.41. The second kappa shape index (κ2) is 5.80. The first kappa shape index (κ1) is 12.9. The van der Waals surface area contributed by atoms with Gasteiger partial charge in [0.05, 0.1) is 6.61 Å². The summed E-state index contributed by atoms with van der Waals surface area (Å²) in [6.45, 7) is 3.20. The molecule has 90 valence electrons. The van der Waals surface area contributed by atoms with Gasteiger partial charge in [-0.3, -0.25) is 0 Å². The summed E-state index contributed by atoms with van der Waals surface area (Å²) in [5.74, 6) is 0. The number of anilines is 1. The predicted octanol–water partition coefficient (Wildman–Crippen LogP) is 3.02. The third-order valence-corrected chi connectivity index (χ3v) is 2.51. The van der Waals surface area contributed by atoms with Gasteiger partial charge >= 0.3 is 0 Å². The van der Waals surface area contributed by atoms with Crippen LogP contribution in [0, 0.1) is 6.92 Å². The monoisotopic (exact) mass is 229 g/mol. The van der Waals surface area contributed by atoms with Gasteiger partial charge in [0.25, 0.3) is 6.43 Å². The third-order valence-electron chi connectivity index (χ3n) is 2.51. The van der Waals surface area contributed by atoms with Crippen LogP contribution in [0.4, 0.5) is 14.5 Å². The van der Waals surface area contributed by atoms with Gasteiger partial charge in [-0.25, -0.2) is 8.78 Å². The van der Waals surface area contributed by atoms with Gasteiger partial charge in [-0.2, -0.15) is 0 Å². The van der Waals surface area contributed by atoms with Gasteiger partial charge in [-0.1, -0.05) is 6.07 Å². The van der Waals surface area contributed by atoms with E-state index in [1.165, 1.54) is 12.1 Å². The number of rotatable bonds is 5. The Balaban J connectivity index is 2.81. The third kappa shape index (κ3) is 3.17. The van der Waals surface area contributed by atoms with E-state index in [1.54, 1.807) is 13.2 Å². The highest BCUT2D eigenvalue weighted by molar-refractivity contribution is 5.54. The minimum Gasteiger partial charge on any atom is -0.383 e. The molecule has 0 aromatic heterocycles. The van der Waals surface area contributed by atoms with Crippen molar-refractivity contribution in [3.63, 3.8) is 0 Å². The Hall–Kier alpha value is -1.16. The van der Waals surface area contributed by atoms with Crippen molar-refractivity contribution in [2.75, 3.05) is 32.2 Å². The van der Waals surface area contributed by atoms with Crippen LogP contribution in [-0.2, 0) is 4.74 Å². The fourth-order valence-corrected chi connectivity index (χ4v) is 1.59. The van der Waals surface area contributed by atoms with E-state index in [-0.39, 0.29) is 5.56 Å². The van der Waals surface area contributed by atoms with Crippen LogP contribution in [0.2, 0.25) is 0 Å². The number of methoxy groups -OCH3 is 1. The summed E-state index contributed by atoms with van der Waals surface area (Å²) in [7, 11) is 3.56. The average molecular weight is 229 g/mol. The number of likely N-dealkylation sites (N-methyl/N-ethyl adjacent to an activating group) is 1. The van der Waals surface area contributed by atoms with Gasteiger partial charge in [0, 0.05) is 32.0 Å². The summed E-state index contributed by atoms with van der Waals surface area (Å²) in [6, 6.07) is 4.73. The van der Waals surface area contributed by atoms with E-state index in [4.69, 9.17) is 4.74 Å².